The lowest BCUT2D eigenvalue weighted by atomic mass is 9.88. The molecule has 0 radical (unpaired) electrons. The third-order valence-corrected chi connectivity index (χ3v) is 6.78. The second kappa shape index (κ2) is 7.86. The molecule has 1 aromatic heterocycles. The molecule has 27 heavy (non-hydrogen) atoms. The van der Waals surface area contributed by atoms with Gasteiger partial charge in [-0.15, -0.1) is 0 Å². The van der Waals surface area contributed by atoms with Crippen molar-refractivity contribution in [3.63, 3.8) is 0 Å². The van der Waals surface area contributed by atoms with Crippen LogP contribution in [-0.2, 0) is 11.2 Å². The van der Waals surface area contributed by atoms with Gasteiger partial charge < -0.3 is 0 Å². The number of amides is 1. The predicted octanol–water partition coefficient (Wildman–Crippen LogP) is 4.19. The second-order valence-electron chi connectivity index (χ2n) is 8.97. The molecule has 0 bridgehead atoms. The van der Waals surface area contributed by atoms with Gasteiger partial charge in [0.05, 0.1) is 6.04 Å². The molecule has 3 aliphatic rings. The van der Waals surface area contributed by atoms with E-state index >= 15 is 0 Å². The van der Waals surface area contributed by atoms with Gasteiger partial charge in [-0.25, -0.2) is 9.97 Å². The normalized spacial score (nSPS) is 24.7. The van der Waals surface area contributed by atoms with E-state index in [1.807, 2.05) is 4.90 Å². The molecule has 5 nitrogen and oxygen atoms in total. The van der Waals surface area contributed by atoms with E-state index in [0.29, 0.717) is 24.4 Å². The van der Waals surface area contributed by atoms with Crippen molar-refractivity contribution in [2.24, 2.45) is 5.92 Å². The fourth-order valence-electron chi connectivity index (χ4n) is 5.25. The van der Waals surface area contributed by atoms with E-state index in [9.17, 15) is 4.79 Å². The fraction of sp³-hybridized carbons (Fsp3) is 0.773. The van der Waals surface area contributed by atoms with Crippen molar-refractivity contribution in [2.75, 3.05) is 18.0 Å². The number of rotatable bonds is 4. The van der Waals surface area contributed by atoms with Crippen molar-refractivity contribution in [3.8, 4) is 0 Å². The van der Waals surface area contributed by atoms with Gasteiger partial charge in [0.15, 0.2) is 0 Å². The van der Waals surface area contributed by atoms with Crippen molar-refractivity contribution in [3.05, 3.63) is 17.1 Å². The molecule has 1 saturated carbocycles. The summed E-state index contributed by atoms with van der Waals surface area (Å²) in [7, 11) is 0. The molecule has 2 aliphatic heterocycles. The molecule has 1 unspecified atom stereocenters. The summed E-state index contributed by atoms with van der Waals surface area (Å²) in [5.74, 6) is 2.74. The average Bonchev–Trinajstić information content (AvgIpc) is 3.15. The standard InChI is InChI=1S/C22H34N4O/c1-15(2)25-13-7-10-19(25)21-23-16(3)18-11-12-20(27)26(22(18)24-21)14-17-8-5-4-6-9-17/h15,17,19H,4-14H2,1-3H3. The Hall–Kier alpha value is -1.49. The van der Waals surface area contributed by atoms with Gasteiger partial charge in [0, 0.05) is 30.3 Å². The quantitative estimate of drug-likeness (QED) is 0.797. The maximum atomic E-state index is 12.8. The van der Waals surface area contributed by atoms with Gasteiger partial charge in [0.1, 0.15) is 11.6 Å². The second-order valence-corrected chi connectivity index (χ2v) is 8.97. The third-order valence-electron chi connectivity index (χ3n) is 6.78. The van der Waals surface area contributed by atoms with E-state index in [1.54, 1.807) is 0 Å². The summed E-state index contributed by atoms with van der Waals surface area (Å²) >= 11 is 0. The molecule has 0 spiro atoms. The van der Waals surface area contributed by atoms with Gasteiger partial charge in [-0.3, -0.25) is 14.6 Å². The summed E-state index contributed by atoms with van der Waals surface area (Å²) in [6.45, 7) is 8.57. The number of aryl methyl sites for hydroxylation is 1. The number of nitrogens with zero attached hydrogens (tertiary/aromatic N) is 4. The van der Waals surface area contributed by atoms with E-state index in [2.05, 4.69) is 25.7 Å². The Balaban J connectivity index is 1.66. The lowest BCUT2D eigenvalue weighted by Crippen LogP contribution is -2.41. The molecule has 1 atom stereocenters. The summed E-state index contributed by atoms with van der Waals surface area (Å²) in [5.41, 5.74) is 2.27. The largest absolute Gasteiger partial charge is 0.296 e. The van der Waals surface area contributed by atoms with Crippen molar-refractivity contribution in [2.45, 2.75) is 90.6 Å². The van der Waals surface area contributed by atoms with Gasteiger partial charge in [-0.2, -0.15) is 0 Å². The monoisotopic (exact) mass is 370 g/mol. The minimum absolute atomic E-state index is 0.254. The third kappa shape index (κ3) is 3.75. The number of carbonyl (C=O) groups excluding carboxylic acids is 1. The van der Waals surface area contributed by atoms with Crippen molar-refractivity contribution in [1.29, 1.82) is 0 Å². The van der Waals surface area contributed by atoms with Crippen LogP contribution in [0.2, 0.25) is 0 Å². The Kier molecular flexibility index (Phi) is 5.49. The summed E-state index contributed by atoms with van der Waals surface area (Å²) in [6, 6.07) is 0.792. The highest BCUT2D eigenvalue weighted by molar-refractivity contribution is 5.95. The van der Waals surface area contributed by atoms with Crippen LogP contribution in [0.3, 0.4) is 0 Å². The first-order valence-corrected chi connectivity index (χ1v) is 11.0. The lowest BCUT2D eigenvalue weighted by molar-refractivity contribution is -0.119. The highest BCUT2D eigenvalue weighted by Gasteiger charge is 2.34. The zero-order valence-electron chi connectivity index (χ0n) is 17.2. The molecule has 5 heteroatoms. The number of hydrogen-bond donors (Lipinski definition) is 0. The first-order valence-electron chi connectivity index (χ1n) is 11.0. The first-order chi connectivity index (χ1) is 13.0. The van der Waals surface area contributed by atoms with Crippen LogP contribution < -0.4 is 4.90 Å². The molecule has 1 saturated heterocycles. The Morgan fingerprint density at radius 2 is 1.81 bits per heavy atom. The van der Waals surface area contributed by atoms with Crippen LogP contribution in [0.5, 0.6) is 0 Å². The number of aromatic nitrogens is 2. The lowest BCUT2D eigenvalue weighted by Gasteiger charge is -2.34. The molecule has 0 aromatic carbocycles. The highest BCUT2D eigenvalue weighted by Crippen LogP contribution is 2.36. The van der Waals surface area contributed by atoms with Crippen molar-refractivity contribution >= 4 is 11.7 Å². The molecule has 3 heterocycles. The van der Waals surface area contributed by atoms with E-state index in [1.165, 1.54) is 44.1 Å². The molecule has 1 aromatic rings. The van der Waals surface area contributed by atoms with Crippen LogP contribution in [-0.4, -0.2) is 39.9 Å². The summed E-state index contributed by atoms with van der Waals surface area (Å²) in [4.78, 5) is 27.3. The van der Waals surface area contributed by atoms with Crippen molar-refractivity contribution in [1.82, 2.24) is 14.9 Å². The maximum absolute atomic E-state index is 12.8. The van der Waals surface area contributed by atoms with Crippen LogP contribution in [0.25, 0.3) is 0 Å². The van der Waals surface area contributed by atoms with Gasteiger partial charge in [-0.1, -0.05) is 19.3 Å². The molecular weight excluding hydrogens is 336 g/mol. The number of carbonyl (C=O) groups is 1. The van der Waals surface area contributed by atoms with E-state index in [0.717, 1.165) is 43.3 Å². The summed E-state index contributed by atoms with van der Waals surface area (Å²) in [5, 5.41) is 0. The molecular formula is C22H34N4O. The van der Waals surface area contributed by atoms with Gasteiger partial charge >= 0.3 is 0 Å². The smallest absolute Gasteiger partial charge is 0.228 e. The Labute approximate surface area is 163 Å². The SMILES string of the molecule is Cc1nc(C2CCCN2C(C)C)nc2c1CCC(=O)N2CC1CCCCC1. The zero-order chi connectivity index (χ0) is 19.0. The van der Waals surface area contributed by atoms with Crippen LogP contribution in [0.15, 0.2) is 0 Å². The average molecular weight is 371 g/mol. The Morgan fingerprint density at radius 1 is 1.04 bits per heavy atom. The van der Waals surface area contributed by atoms with Crippen molar-refractivity contribution < 1.29 is 4.79 Å². The Bertz CT molecular complexity index is 696. The van der Waals surface area contributed by atoms with Crippen LogP contribution in [0.4, 0.5) is 5.82 Å². The van der Waals surface area contributed by atoms with E-state index in [-0.39, 0.29) is 5.91 Å². The highest BCUT2D eigenvalue weighted by atomic mass is 16.2. The zero-order valence-corrected chi connectivity index (χ0v) is 17.2. The number of likely N-dealkylation sites (tertiary alicyclic amines) is 1. The first kappa shape index (κ1) is 18.9. The Morgan fingerprint density at radius 3 is 2.56 bits per heavy atom. The summed E-state index contributed by atoms with van der Waals surface area (Å²) < 4.78 is 0. The minimum atomic E-state index is 0.254. The fourth-order valence-corrected chi connectivity index (χ4v) is 5.25. The van der Waals surface area contributed by atoms with Crippen LogP contribution in [0, 0.1) is 12.8 Å². The number of anilines is 1. The minimum Gasteiger partial charge on any atom is -0.296 e. The van der Waals surface area contributed by atoms with E-state index in [4.69, 9.17) is 9.97 Å². The number of fused-ring (bicyclic) bond motifs is 1. The molecule has 4 rings (SSSR count). The molecule has 2 fully saturated rings. The molecule has 1 amide bonds. The molecule has 1 aliphatic carbocycles. The van der Waals surface area contributed by atoms with Gasteiger partial charge in [-0.05, 0) is 65.3 Å². The van der Waals surface area contributed by atoms with Gasteiger partial charge in [0.25, 0.3) is 0 Å². The molecule has 148 valence electrons. The van der Waals surface area contributed by atoms with Crippen LogP contribution in [0.1, 0.15) is 88.3 Å². The van der Waals surface area contributed by atoms with E-state index < -0.39 is 0 Å². The maximum Gasteiger partial charge on any atom is 0.228 e. The predicted molar refractivity (Wildman–Crippen MR) is 108 cm³/mol. The molecule has 0 N–H and O–H groups in total. The topological polar surface area (TPSA) is 49.3 Å². The van der Waals surface area contributed by atoms with Gasteiger partial charge in [0.2, 0.25) is 5.91 Å². The van der Waals surface area contributed by atoms with Crippen LogP contribution >= 0.6 is 0 Å². The number of hydrogen-bond acceptors (Lipinski definition) is 4. The summed E-state index contributed by atoms with van der Waals surface area (Å²) in [6.07, 6.45) is 10.2.